The number of nitrogens with one attached hydrogen (secondary N) is 1. The molecule has 268 valence electrons. The van der Waals surface area contributed by atoms with Crippen molar-refractivity contribution < 1.29 is 33.8 Å². The van der Waals surface area contributed by atoms with Gasteiger partial charge in [0.05, 0.1) is 24.5 Å². The summed E-state index contributed by atoms with van der Waals surface area (Å²) in [5.41, 5.74) is 0.0460. The summed E-state index contributed by atoms with van der Waals surface area (Å²) in [4.78, 5) is 59.2. The summed E-state index contributed by atoms with van der Waals surface area (Å²) in [7, 11) is 0. The molecule has 3 heterocycles. The van der Waals surface area contributed by atoms with Gasteiger partial charge in [0.2, 0.25) is 11.8 Å². The molecule has 0 saturated carbocycles. The van der Waals surface area contributed by atoms with Crippen LogP contribution in [0.4, 0.5) is 5.69 Å². The molecular formula is C40H44BrN3O7. The average molecular weight is 759 g/mol. The molecule has 3 amide bonds. The number of esters is 1. The number of benzene rings is 3. The van der Waals surface area contributed by atoms with Gasteiger partial charge in [-0.05, 0) is 54.2 Å². The van der Waals surface area contributed by atoms with E-state index in [0.29, 0.717) is 36.9 Å². The quantitative estimate of drug-likeness (QED) is 0.0886. The number of hydrogen-bond acceptors (Lipinski definition) is 7. The topological polar surface area (TPSA) is 125 Å². The molecule has 6 rings (SSSR count). The predicted octanol–water partition coefficient (Wildman–Crippen LogP) is 5.25. The van der Waals surface area contributed by atoms with Gasteiger partial charge in [-0.2, -0.15) is 0 Å². The summed E-state index contributed by atoms with van der Waals surface area (Å²) < 4.78 is 12.9. The average Bonchev–Trinajstić information content (AvgIpc) is 3.74. The van der Waals surface area contributed by atoms with Crippen molar-refractivity contribution in [1.29, 1.82) is 0 Å². The Balaban J connectivity index is 1.33. The molecule has 7 atom stereocenters. The Hall–Kier alpha value is -4.32. The highest BCUT2D eigenvalue weighted by Crippen LogP contribution is 2.60. The number of unbranched alkanes of at least 4 members (excludes halogenated alkanes) is 1. The molecule has 3 aromatic rings. The Morgan fingerprint density at radius 2 is 1.80 bits per heavy atom. The van der Waals surface area contributed by atoms with E-state index in [1.165, 1.54) is 0 Å². The molecule has 1 unspecified atom stereocenters. The van der Waals surface area contributed by atoms with Gasteiger partial charge in [-0.1, -0.05) is 88.7 Å². The largest absolute Gasteiger partial charge is 0.455 e. The van der Waals surface area contributed by atoms with Crippen LogP contribution < -0.4 is 10.2 Å². The van der Waals surface area contributed by atoms with Gasteiger partial charge in [0.15, 0.2) is 0 Å². The number of alkyl halides is 1. The summed E-state index contributed by atoms with van der Waals surface area (Å²) >= 11 is 3.74. The highest BCUT2D eigenvalue weighted by molar-refractivity contribution is 9.09. The lowest BCUT2D eigenvalue weighted by Crippen LogP contribution is -2.57. The summed E-state index contributed by atoms with van der Waals surface area (Å²) in [6.07, 6.45) is 3.79. The van der Waals surface area contributed by atoms with Crippen molar-refractivity contribution in [1.82, 2.24) is 10.2 Å². The maximum absolute atomic E-state index is 14.9. The first-order chi connectivity index (χ1) is 24.7. The fraction of sp³-hybridized carbons (Fsp3) is 0.400. The molecule has 3 saturated heterocycles. The second-order valence-corrected chi connectivity index (χ2v) is 14.5. The van der Waals surface area contributed by atoms with Gasteiger partial charge in [-0.25, -0.2) is 0 Å². The zero-order valence-electron chi connectivity index (χ0n) is 28.5. The van der Waals surface area contributed by atoms with Crippen LogP contribution >= 0.6 is 15.9 Å². The van der Waals surface area contributed by atoms with Crippen LogP contribution in [0, 0.1) is 11.8 Å². The standard InChI is InChI=1S/C40H44BrN3O7/c1-3-5-17-32(46)42-25-31(27-14-7-6-8-15-27)50-39(49)33-34-37(47)44(21-11-12-22-45)36(40(34)24-30(41)35(33)51-40)38(48)43(20-4-2)29-19-18-26-13-9-10-16-28(26)23-29/h3-4,6-10,13-16,18-19,23,30-31,33-36,45H,1-2,5,11-12,17,20-22,24-25H2,(H,42,46)/t30?,31-,33+,34-,35+,36+,40-/m0/s1. The van der Waals surface area contributed by atoms with Gasteiger partial charge >= 0.3 is 5.97 Å². The number of amides is 3. The van der Waals surface area contributed by atoms with Gasteiger partial charge in [0.25, 0.3) is 5.91 Å². The van der Waals surface area contributed by atoms with E-state index in [4.69, 9.17) is 9.47 Å². The Morgan fingerprint density at radius 1 is 1.06 bits per heavy atom. The molecule has 2 N–H and O–H groups in total. The zero-order valence-corrected chi connectivity index (χ0v) is 30.1. The fourth-order valence-electron chi connectivity index (χ4n) is 7.90. The van der Waals surface area contributed by atoms with Crippen LogP contribution in [0.1, 0.15) is 43.8 Å². The van der Waals surface area contributed by atoms with E-state index in [9.17, 15) is 24.3 Å². The third-order valence-corrected chi connectivity index (χ3v) is 11.1. The van der Waals surface area contributed by atoms with Gasteiger partial charge in [-0.3, -0.25) is 19.2 Å². The molecule has 10 nitrogen and oxygen atoms in total. The molecule has 11 heteroatoms. The summed E-state index contributed by atoms with van der Waals surface area (Å²) in [6.45, 7) is 7.96. The van der Waals surface area contributed by atoms with Crippen LogP contribution in [-0.2, 0) is 28.7 Å². The first-order valence-electron chi connectivity index (χ1n) is 17.5. The molecule has 51 heavy (non-hydrogen) atoms. The number of halogens is 1. The molecule has 0 aliphatic carbocycles. The van der Waals surface area contributed by atoms with Crippen LogP contribution in [0.25, 0.3) is 10.8 Å². The monoisotopic (exact) mass is 757 g/mol. The second-order valence-electron chi connectivity index (χ2n) is 13.4. The summed E-state index contributed by atoms with van der Waals surface area (Å²) in [5, 5.41) is 14.4. The Labute approximate surface area is 306 Å². The number of fused-ring (bicyclic) bond motifs is 2. The number of carbonyl (C=O) groups is 4. The van der Waals surface area contributed by atoms with Crippen molar-refractivity contribution in [2.75, 3.05) is 31.1 Å². The Morgan fingerprint density at radius 3 is 2.53 bits per heavy atom. The van der Waals surface area contributed by atoms with Crippen molar-refractivity contribution in [3.8, 4) is 0 Å². The van der Waals surface area contributed by atoms with Gasteiger partial charge in [0.1, 0.15) is 17.7 Å². The lowest BCUT2D eigenvalue weighted by Gasteiger charge is -2.37. The number of nitrogens with zero attached hydrogens (tertiary/aromatic N) is 2. The maximum Gasteiger partial charge on any atom is 0.313 e. The van der Waals surface area contributed by atoms with Gasteiger partial charge in [-0.15, -0.1) is 13.2 Å². The van der Waals surface area contributed by atoms with Crippen molar-refractivity contribution in [2.45, 2.75) is 60.8 Å². The highest BCUT2D eigenvalue weighted by atomic mass is 79.9. The third-order valence-electron chi connectivity index (χ3n) is 10.2. The first kappa shape index (κ1) is 36.5. The van der Waals surface area contributed by atoms with Crippen molar-refractivity contribution in [3.63, 3.8) is 0 Å². The van der Waals surface area contributed by atoms with Crippen LogP contribution in [0.15, 0.2) is 98.1 Å². The van der Waals surface area contributed by atoms with E-state index in [1.807, 2.05) is 72.8 Å². The molecule has 3 aliphatic heterocycles. The summed E-state index contributed by atoms with van der Waals surface area (Å²) in [6, 6.07) is 21.8. The normalized spacial score (nSPS) is 25.3. The van der Waals surface area contributed by atoms with Crippen molar-refractivity contribution in [2.24, 2.45) is 11.8 Å². The molecule has 1 spiro atoms. The minimum atomic E-state index is -1.30. The highest BCUT2D eigenvalue weighted by Gasteiger charge is 2.77. The lowest BCUT2D eigenvalue weighted by atomic mass is 9.70. The number of aliphatic hydroxyl groups excluding tert-OH is 1. The number of hydrogen-bond donors (Lipinski definition) is 2. The number of rotatable bonds is 16. The number of carbonyl (C=O) groups excluding carboxylic acids is 4. The van der Waals surface area contributed by atoms with Crippen molar-refractivity contribution in [3.05, 3.63) is 104 Å². The zero-order chi connectivity index (χ0) is 36.1. The number of aliphatic hydroxyl groups is 1. The molecule has 3 aliphatic rings. The van der Waals surface area contributed by atoms with E-state index in [-0.39, 0.29) is 55.2 Å². The second kappa shape index (κ2) is 15.9. The SMILES string of the molecule is C=CCCC(=O)NC[C@H](OC(=O)[C@H]1[C@@H]2O[C@@]3(CC2Br)[C@@H]1C(=O)N(CCCCO)[C@@H]3C(=O)N(CC=C)c1ccc2ccccc2c1)c1ccccc1. The predicted molar refractivity (Wildman–Crippen MR) is 198 cm³/mol. The molecular weight excluding hydrogens is 714 g/mol. The number of allylic oxidation sites excluding steroid dienone is 1. The molecule has 3 aromatic carbocycles. The van der Waals surface area contributed by atoms with Crippen LogP contribution in [0.2, 0.25) is 0 Å². The first-order valence-corrected chi connectivity index (χ1v) is 18.4. The van der Waals surface area contributed by atoms with E-state index in [2.05, 4.69) is 34.4 Å². The third kappa shape index (κ3) is 7.11. The van der Waals surface area contributed by atoms with E-state index in [1.54, 1.807) is 22.0 Å². The molecule has 3 fully saturated rings. The van der Waals surface area contributed by atoms with Gasteiger partial charge < -0.3 is 29.7 Å². The minimum absolute atomic E-state index is 0.0438. The van der Waals surface area contributed by atoms with Crippen LogP contribution in [0.5, 0.6) is 0 Å². The lowest BCUT2D eigenvalue weighted by molar-refractivity contribution is -0.160. The van der Waals surface area contributed by atoms with Gasteiger partial charge in [0, 0.05) is 36.6 Å². The van der Waals surface area contributed by atoms with Crippen LogP contribution in [-0.4, -0.2) is 82.5 Å². The van der Waals surface area contributed by atoms with Crippen molar-refractivity contribution >= 4 is 56.1 Å². The number of anilines is 1. The van der Waals surface area contributed by atoms with E-state index < -0.39 is 41.7 Å². The smallest absolute Gasteiger partial charge is 0.313 e. The minimum Gasteiger partial charge on any atom is -0.455 e. The Kier molecular flexibility index (Phi) is 11.4. The van der Waals surface area contributed by atoms with E-state index in [0.717, 1.165) is 10.8 Å². The number of likely N-dealkylation sites (tertiary alicyclic amines) is 1. The fourth-order valence-corrected chi connectivity index (χ4v) is 8.84. The maximum atomic E-state index is 14.9. The summed E-state index contributed by atoms with van der Waals surface area (Å²) in [5.74, 6) is -3.46. The molecule has 2 bridgehead atoms. The van der Waals surface area contributed by atoms with E-state index >= 15 is 0 Å². The Bertz CT molecular complexity index is 1790. The van der Waals surface area contributed by atoms with Crippen LogP contribution in [0.3, 0.4) is 0 Å². The molecule has 0 aromatic heterocycles. The molecule has 0 radical (unpaired) electrons. The number of ether oxygens (including phenoxy) is 2.